The molecule has 2 nitrogen and oxygen atoms in total. The Morgan fingerprint density at radius 2 is 2.36 bits per heavy atom. The number of hydrogen-bond acceptors (Lipinski definition) is 2. The molecule has 1 aliphatic rings. The van der Waals surface area contributed by atoms with Gasteiger partial charge in [-0.25, -0.2) is 0 Å². The van der Waals surface area contributed by atoms with Gasteiger partial charge in [-0.05, 0) is 38.5 Å². The number of carbonyl (C=O) groups is 1. The standard InChI is InChI=1S/C12H20O2/c1-3-5-6-7-11(13)12(14-4-2)10-8-9-10/h3,10,12H,1,4-9H2,2H3. The van der Waals surface area contributed by atoms with Crippen LogP contribution in [-0.2, 0) is 9.53 Å². The number of rotatable bonds is 8. The van der Waals surface area contributed by atoms with Gasteiger partial charge in [0.1, 0.15) is 6.10 Å². The van der Waals surface area contributed by atoms with Crippen molar-refractivity contribution in [1.29, 1.82) is 0 Å². The Bertz CT molecular complexity index is 194. The van der Waals surface area contributed by atoms with Gasteiger partial charge in [-0.1, -0.05) is 6.08 Å². The first-order valence-electron chi connectivity index (χ1n) is 5.54. The lowest BCUT2D eigenvalue weighted by Gasteiger charge is -2.14. The molecule has 0 aromatic carbocycles. The maximum atomic E-state index is 11.7. The van der Waals surface area contributed by atoms with Crippen LogP contribution in [0, 0.1) is 5.92 Å². The Kier molecular flexibility index (Phi) is 4.88. The van der Waals surface area contributed by atoms with Crippen molar-refractivity contribution in [3.63, 3.8) is 0 Å². The van der Waals surface area contributed by atoms with E-state index >= 15 is 0 Å². The van der Waals surface area contributed by atoms with Gasteiger partial charge in [-0.3, -0.25) is 4.79 Å². The molecular weight excluding hydrogens is 176 g/mol. The van der Waals surface area contributed by atoms with Gasteiger partial charge in [-0.2, -0.15) is 0 Å². The van der Waals surface area contributed by atoms with Crippen molar-refractivity contribution in [2.75, 3.05) is 6.61 Å². The Morgan fingerprint density at radius 3 is 2.86 bits per heavy atom. The fourth-order valence-electron chi connectivity index (χ4n) is 1.63. The van der Waals surface area contributed by atoms with E-state index in [1.54, 1.807) is 0 Å². The Morgan fingerprint density at radius 1 is 1.64 bits per heavy atom. The predicted octanol–water partition coefficient (Wildman–Crippen LogP) is 2.73. The molecule has 0 aliphatic heterocycles. The minimum absolute atomic E-state index is 0.107. The summed E-state index contributed by atoms with van der Waals surface area (Å²) >= 11 is 0. The summed E-state index contributed by atoms with van der Waals surface area (Å²) in [7, 11) is 0. The molecule has 0 amide bonds. The molecule has 1 aliphatic carbocycles. The van der Waals surface area contributed by atoms with Crippen LogP contribution in [0.15, 0.2) is 12.7 Å². The molecule has 1 atom stereocenters. The third-order valence-electron chi connectivity index (χ3n) is 2.55. The van der Waals surface area contributed by atoms with Crippen LogP contribution in [0.4, 0.5) is 0 Å². The first-order chi connectivity index (χ1) is 6.79. The lowest BCUT2D eigenvalue weighted by atomic mass is 10.1. The highest BCUT2D eigenvalue weighted by Gasteiger charge is 2.35. The monoisotopic (exact) mass is 196 g/mol. The molecule has 0 N–H and O–H groups in total. The summed E-state index contributed by atoms with van der Waals surface area (Å²) in [5.41, 5.74) is 0. The maximum absolute atomic E-state index is 11.7. The molecule has 0 radical (unpaired) electrons. The highest BCUT2D eigenvalue weighted by molar-refractivity contribution is 5.83. The molecule has 0 bridgehead atoms. The van der Waals surface area contributed by atoms with E-state index in [9.17, 15) is 4.79 Å². The smallest absolute Gasteiger partial charge is 0.161 e. The molecule has 1 rings (SSSR count). The normalized spacial score (nSPS) is 17.8. The molecule has 1 fully saturated rings. The zero-order valence-corrected chi connectivity index (χ0v) is 9.00. The lowest BCUT2D eigenvalue weighted by Crippen LogP contribution is -2.26. The Hall–Kier alpha value is -0.630. The summed E-state index contributed by atoms with van der Waals surface area (Å²) < 4.78 is 5.48. The fourth-order valence-corrected chi connectivity index (χ4v) is 1.63. The summed E-state index contributed by atoms with van der Waals surface area (Å²) in [6.07, 6.45) is 6.57. The number of Topliss-reactive ketones (excluding diaryl/α,β-unsaturated/α-hetero) is 1. The van der Waals surface area contributed by atoms with Crippen LogP contribution in [0.5, 0.6) is 0 Å². The second-order valence-corrected chi connectivity index (χ2v) is 3.86. The minimum atomic E-state index is -0.107. The van der Waals surface area contributed by atoms with Crippen LogP contribution in [0.25, 0.3) is 0 Å². The van der Waals surface area contributed by atoms with E-state index < -0.39 is 0 Å². The van der Waals surface area contributed by atoms with E-state index in [2.05, 4.69) is 6.58 Å². The summed E-state index contributed by atoms with van der Waals surface area (Å²) in [6.45, 7) is 6.24. The molecule has 0 spiro atoms. The van der Waals surface area contributed by atoms with Crippen molar-refractivity contribution in [3.8, 4) is 0 Å². The Balaban J connectivity index is 2.26. The topological polar surface area (TPSA) is 26.3 Å². The highest BCUT2D eigenvalue weighted by Crippen LogP contribution is 2.35. The molecule has 1 unspecified atom stereocenters. The minimum Gasteiger partial charge on any atom is -0.370 e. The van der Waals surface area contributed by atoms with Gasteiger partial charge in [0, 0.05) is 13.0 Å². The van der Waals surface area contributed by atoms with E-state index in [0.717, 1.165) is 25.7 Å². The van der Waals surface area contributed by atoms with Crippen LogP contribution in [0.3, 0.4) is 0 Å². The van der Waals surface area contributed by atoms with Gasteiger partial charge < -0.3 is 4.74 Å². The first kappa shape index (κ1) is 11.4. The van der Waals surface area contributed by atoms with Crippen LogP contribution in [0.2, 0.25) is 0 Å². The van der Waals surface area contributed by atoms with E-state index in [1.807, 2.05) is 13.0 Å². The van der Waals surface area contributed by atoms with Gasteiger partial charge in [0.15, 0.2) is 5.78 Å². The molecule has 0 saturated heterocycles. The third kappa shape index (κ3) is 3.62. The zero-order chi connectivity index (χ0) is 10.4. The third-order valence-corrected chi connectivity index (χ3v) is 2.55. The molecule has 0 aromatic rings. The van der Waals surface area contributed by atoms with Crippen LogP contribution >= 0.6 is 0 Å². The second kappa shape index (κ2) is 5.97. The SMILES string of the molecule is C=CCCCC(=O)C(OCC)C1CC1. The highest BCUT2D eigenvalue weighted by atomic mass is 16.5. The van der Waals surface area contributed by atoms with Gasteiger partial charge in [0.2, 0.25) is 0 Å². The molecule has 2 heteroatoms. The van der Waals surface area contributed by atoms with Crippen molar-refractivity contribution in [2.45, 2.75) is 45.1 Å². The Labute approximate surface area is 86.3 Å². The van der Waals surface area contributed by atoms with E-state index in [4.69, 9.17) is 4.74 Å². The van der Waals surface area contributed by atoms with Crippen molar-refractivity contribution in [1.82, 2.24) is 0 Å². The summed E-state index contributed by atoms with van der Waals surface area (Å²) in [6, 6.07) is 0. The van der Waals surface area contributed by atoms with E-state index in [-0.39, 0.29) is 11.9 Å². The quantitative estimate of drug-likeness (QED) is 0.441. The number of carbonyl (C=O) groups excluding carboxylic acids is 1. The summed E-state index contributed by atoms with van der Waals surface area (Å²) in [5.74, 6) is 0.808. The fraction of sp³-hybridized carbons (Fsp3) is 0.750. The van der Waals surface area contributed by atoms with Crippen molar-refractivity contribution < 1.29 is 9.53 Å². The number of hydrogen-bond donors (Lipinski definition) is 0. The van der Waals surface area contributed by atoms with Gasteiger partial charge in [0.05, 0.1) is 0 Å². The number of ketones is 1. The molecule has 0 heterocycles. The van der Waals surface area contributed by atoms with Gasteiger partial charge in [0.25, 0.3) is 0 Å². The second-order valence-electron chi connectivity index (χ2n) is 3.86. The van der Waals surface area contributed by atoms with Crippen molar-refractivity contribution >= 4 is 5.78 Å². The van der Waals surface area contributed by atoms with Gasteiger partial charge in [-0.15, -0.1) is 6.58 Å². The van der Waals surface area contributed by atoms with E-state index in [0.29, 0.717) is 18.9 Å². The van der Waals surface area contributed by atoms with Gasteiger partial charge >= 0.3 is 0 Å². The average Bonchev–Trinajstić information content (AvgIpc) is 2.98. The number of ether oxygens (including phenoxy) is 1. The first-order valence-corrected chi connectivity index (χ1v) is 5.54. The number of unbranched alkanes of at least 4 members (excludes halogenated alkanes) is 1. The summed E-state index contributed by atoms with van der Waals surface area (Å²) in [4.78, 5) is 11.7. The van der Waals surface area contributed by atoms with Crippen LogP contribution < -0.4 is 0 Å². The van der Waals surface area contributed by atoms with Crippen LogP contribution in [-0.4, -0.2) is 18.5 Å². The van der Waals surface area contributed by atoms with Crippen LogP contribution in [0.1, 0.15) is 39.0 Å². The van der Waals surface area contributed by atoms with Crippen molar-refractivity contribution in [3.05, 3.63) is 12.7 Å². The zero-order valence-electron chi connectivity index (χ0n) is 9.00. The van der Waals surface area contributed by atoms with Crippen molar-refractivity contribution in [2.24, 2.45) is 5.92 Å². The maximum Gasteiger partial charge on any atom is 0.161 e. The number of allylic oxidation sites excluding steroid dienone is 1. The predicted molar refractivity (Wildman–Crippen MR) is 57.2 cm³/mol. The molecule has 80 valence electrons. The van der Waals surface area contributed by atoms with E-state index in [1.165, 1.54) is 0 Å². The molecule has 1 saturated carbocycles. The lowest BCUT2D eigenvalue weighted by molar-refractivity contribution is -0.131. The average molecular weight is 196 g/mol. The molecule has 14 heavy (non-hydrogen) atoms. The largest absolute Gasteiger partial charge is 0.370 e. The summed E-state index contributed by atoms with van der Waals surface area (Å²) in [5, 5.41) is 0. The molecule has 0 aromatic heterocycles. The molecular formula is C12H20O2.